The standard InChI is InChI=1S/C15H19F3N2O.ClH/c1-2-4-13(20-14(21)11-8-19-9-11)10-5-3-6-12(7-10)15(16,17)18;/h3,5-7,11,13,19H,2,4,8-9H2,1H3,(H,20,21);1H. The molecule has 1 fully saturated rings. The normalized spacial score (nSPS) is 16.4. The molecule has 1 aromatic rings. The summed E-state index contributed by atoms with van der Waals surface area (Å²) in [6.45, 7) is 3.21. The molecule has 1 heterocycles. The molecular weight excluding hydrogens is 317 g/mol. The molecule has 2 N–H and O–H groups in total. The maximum absolute atomic E-state index is 12.8. The highest BCUT2D eigenvalue weighted by Gasteiger charge is 2.31. The highest BCUT2D eigenvalue weighted by Crippen LogP contribution is 2.31. The van der Waals surface area contributed by atoms with E-state index in [9.17, 15) is 18.0 Å². The first-order chi connectivity index (χ1) is 9.91. The summed E-state index contributed by atoms with van der Waals surface area (Å²) in [7, 11) is 0. The van der Waals surface area contributed by atoms with E-state index in [1.165, 1.54) is 6.07 Å². The molecule has 3 nitrogen and oxygen atoms in total. The van der Waals surface area contributed by atoms with Gasteiger partial charge in [-0.1, -0.05) is 25.5 Å². The molecule has 0 aliphatic carbocycles. The van der Waals surface area contributed by atoms with Crippen LogP contribution in [-0.4, -0.2) is 19.0 Å². The summed E-state index contributed by atoms with van der Waals surface area (Å²) in [6, 6.07) is 4.82. The number of carbonyl (C=O) groups excluding carboxylic acids is 1. The quantitative estimate of drug-likeness (QED) is 0.866. The maximum Gasteiger partial charge on any atom is 0.416 e. The lowest BCUT2D eigenvalue weighted by Gasteiger charge is -2.29. The number of alkyl halides is 3. The highest BCUT2D eigenvalue weighted by atomic mass is 35.5. The molecule has 7 heteroatoms. The maximum atomic E-state index is 12.8. The van der Waals surface area contributed by atoms with Crippen LogP contribution in [0.4, 0.5) is 13.2 Å². The first-order valence-corrected chi connectivity index (χ1v) is 7.10. The van der Waals surface area contributed by atoms with Crippen LogP contribution in [0.3, 0.4) is 0 Å². The Morgan fingerprint density at radius 1 is 1.41 bits per heavy atom. The Bertz CT molecular complexity index is 504. The smallest absolute Gasteiger partial charge is 0.349 e. The Labute approximate surface area is 134 Å². The number of rotatable bonds is 5. The van der Waals surface area contributed by atoms with Crippen LogP contribution < -0.4 is 10.6 Å². The molecule has 1 aliphatic heterocycles. The topological polar surface area (TPSA) is 41.1 Å². The van der Waals surface area contributed by atoms with Crippen LogP contribution in [0.15, 0.2) is 24.3 Å². The molecule has 22 heavy (non-hydrogen) atoms. The number of halogens is 4. The van der Waals surface area contributed by atoms with Crippen molar-refractivity contribution < 1.29 is 18.0 Å². The van der Waals surface area contributed by atoms with Gasteiger partial charge in [0, 0.05) is 13.1 Å². The van der Waals surface area contributed by atoms with Crippen LogP contribution in [0.25, 0.3) is 0 Å². The van der Waals surface area contributed by atoms with Crippen molar-refractivity contribution in [1.29, 1.82) is 0 Å². The van der Waals surface area contributed by atoms with Crippen LogP contribution in [0.1, 0.15) is 36.9 Å². The second kappa shape index (κ2) is 7.83. The predicted molar refractivity (Wildman–Crippen MR) is 80.8 cm³/mol. The first kappa shape index (κ1) is 18.8. The SMILES string of the molecule is CCCC(NC(=O)C1CNC1)c1cccc(C(F)(F)F)c1.Cl. The third-order valence-electron chi connectivity index (χ3n) is 3.66. The van der Waals surface area contributed by atoms with E-state index in [1.807, 2.05) is 6.92 Å². The van der Waals surface area contributed by atoms with Gasteiger partial charge in [0.25, 0.3) is 0 Å². The lowest BCUT2D eigenvalue weighted by atomic mass is 9.97. The van der Waals surface area contributed by atoms with Gasteiger partial charge in [-0.3, -0.25) is 4.79 Å². The fourth-order valence-corrected chi connectivity index (χ4v) is 2.31. The zero-order valence-electron chi connectivity index (χ0n) is 12.2. The van der Waals surface area contributed by atoms with Crippen molar-refractivity contribution in [3.63, 3.8) is 0 Å². The summed E-state index contributed by atoms with van der Waals surface area (Å²) in [5.74, 6) is -0.167. The molecule has 0 aromatic heterocycles. The highest BCUT2D eigenvalue weighted by molar-refractivity contribution is 5.85. The summed E-state index contributed by atoms with van der Waals surface area (Å²) >= 11 is 0. The second-order valence-electron chi connectivity index (χ2n) is 5.33. The number of hydrogen-bond acceptors (Lipinski definition) is 2. The van der Waals surface area contributed by atoms with E-state index in [2.05, 4.69) is 10.6 Å². The van der Waals surface area contributed by atoms with E-state index in [4.69, 9.17) is 0 Å². The lowest BCUT2D eigenvalue weighted by Crippen LogP contribution is -2.51. The Morgan fingerprint density at radius 3 is 2.59 bits per heavy atom. The van der Waals surface area contributed by atoms with E-state index in [1.54, 1.807) is 6.07 Å². The zero-order chi connectivity index (χ0) is 15.5. The average Bonchev–Trinajstić information content (AvgIpc) is 2.35. The Hall–Kier alpha value is -1.27. The molecule has 1 atom stereocenters. The second-order valence-corrected chi connectivity index (χ2v) is 5.33. The summed E-state index contributed by atoms with van der Waals surface area (Å²) < 4.78 is 38.3. The zero-order valence-corrected chi connectivity index (χ0v) is 13.1. The molecular formula is C15H20ClF3N2O. The van der Waals surface area contributed by atoms with Gasteiger partial charge >= 0.3 is 6.18 Å². The Morgan fingerprint density at radius 2 is 2.09 bits per heavy atom. The monoisotopic (exact) mass is 336 g/mol. The minimum Gasteiger partial charge on any atom is -0.349 e. The lowest BCUT2D eigenvalue weighted by molar-refractivity contribution is -0.137. The molecule has 1 unspecified atom stereocenters. The van der Waals surface area contributed by atoms with Crippen molar-refractivity contribution >= 4 is 18.3 Å². The van der Waals surface area contributed by atoms with Crippen LogP contribution in [0, 0.1) is 5.92 Å². The van der Waals surface area contributed by atoms with Crippen LogP contribution >= 0.6 is 12.4 Å². The van der Waals surface area contributed by atoms with Crippen molar-refractivity contribution in [3.8, 4) is 0 Å². The average molecular weight is 337 g/mol. The summed E-state index contributed by atoms with van der Waals surface area (Å²) in [5, 5.41) is 5.88. The molecule has 1 aromatic carbocycles. The van der Waals surface area contributed by atoms with E-state index in [0.717, 1.165) is 18.6 Å². The van der Waals surface area contributed by atoms with E-state index in [-0.39, 0.29) is 30.3 Å². The molecule has 1 amide bonds. The predicted octanol–water partition coefficient (Wildman–Crippen LogP) is 3.30. The number of nitrogens with one attached hydrogen (secondary N) is 2. The van der Waals surface area contributed by atoms with Crippen molar-refractivity contribution in [2.45, 2.75) is 32.0 Å². The minimum absolute atomic E-state index is 0. The molecule has 0 spiro atoms. The van der Waals surface area contributed by atoms with Gasteiger partial charge in [0.15, 0.2) is 0 Å². The van der Waals surface area contributed by atoms with E-state index in [0.29, 0.717) is 25.1 Å². The van der Waals surface area contributed by atoms with Crippen LogP contribution in [0.2, 0.25) is 0 Å². The Balaban J connectivity index is 0.00000242. The number of carbonyl (C=O) groups is 1. The fraction of sp³-hybridized carbons (Fsp3) is 0.533. The molecule has 1 aliphatic rings. The molecule has 0 radical (unpaired) electrons. The van der Waals surface area contributed by atoms with Gasteiger partial charge in [0.2, 0.25) is 5.91 Å². The Kier molecular flexibility index (Phi) is 6.68. The molecule has 0 bridgehead atoms. The minimum atomic E-state index is -4.37. The van der Waals surface area contributed by atoms with Crippen molar-refractivity contribution in [2.24, 2.45) is 5.92 Å². The summed E-state index contributed by atoms with van der Waals surface area (Å²) in [4.78, 5) is 12.0. The third-order valence-corrected chi connectivity index (χ3v) is 3.66. The van der Waals surface area contributed by atoms with Gasteiger partial charge in [-0.25, -0.2) is 0 Å². The molecule has 1 saturated heterocycles. The van der Waals surface area contributed by atoms with Crippen LogP contribution in [-0.2, 0) is 11.0 Å². The van der Waals surface area contributed by atoms with Crippen molar-refractivity contribution in [2.75, 3.05) is 13.1 Å². The van der Waals surface area contributed by atoms with E-state index < -0.39 is 11.7 Å². The van der Waals surface area contributed by atoms with Gasteiger partial charge in [0.1, 0.15) is 0 Å². The van der Waals surface area contributed by atoms with E-state index >= 15 is 0 Å². The van der Waals surface area contributed by atoms with Crippen LogP contribution in [0.5, 0.6) is 0 Å². The number of benzene rings is 1. The largest absolute Gasteiger partial charge is 0.416 e. The van der Waals surface area contributed by atoms with Gasteiger partial charge in [-0.2, -0.15) is 13.2 Å². The number of amides is 1. The van der Waals surface area contributed by atoms with Crippen molar-refractivity contribution in [3.05, 3.63) is 35.4 Å². The summed E-state index contributed by atoms with van der Waals surface area (Å²) in [5.41, 5.74) is -0.173. The molecule has 2 rings (SSSR count). The fourth-order valence-electron chi connectivity index (χ4n) is 2.31. The van der Waals surface area contributed by atoms with Gasteiger partial charge < -0.3 is 10.6 Å². The van der Waals surface area contributed by atoms with Gasteiger partial charge in [-0.15, -0.1) is 12.4 Å². The van der Waals surface area contributed by atoms with Gasteiger partial charge in [0.05, 0.1) is 17.5 Å². The molecule has 124 valence electrons. The first-order valence-electron chi connectivity index (χ1n) is 7.10. The van der Waals surface area contributed by atoms with Crippen molar-refractivity contribution in [1.82, 2.24) is 10.6 Å². The number of hydrogen-bond donors (Lipinski definition) is 2. The van der Waals surface area contributed by atoms with Gasteiger partial charge in [-0.05, 0) is 24.1 Å². The summed E-state index contributed by atoms with van der Waals surface area (Å²) in [6.07, 6.45) is -2.97. The molecule has 0 saturated carbocycles. The third kappa shape index (κ3) is 4.61.